The second kappa shape index (κ2) is 4.91. The third kappa shape index (κ3) is 2.46. The van der Waals surface area contributed by atoms with E-state index in [1.54, 1.807) is 6.92 Å². The Morgan fingerprint density at radius 3 is 2.53 bits per heavy atom. The standard InChI is InChI=1S/C10H19N3O3S/c1-8-10(14)12-6-7-13(8)17(15,16)9-2-4-11-5-3-9/h8-9,11H,2-7H2,1H3,(H,12,14). The van der Waals surface area contributed by atoms with Crippen LogP contribution in [0.1, 0.15) is 19.8 Å². The van der Waals surface area contributed by atoms with Crippen LogP contribution in [0.15, 0.2) is 0 Å². The summed E-state index contributed by atoms with van der Waals surface area (Å²) in [7, 11) is -3.33. The lowest BCUT2D eigenvalue weighted by Gasteiger charge is -2.35. The van der Waals surface area contributed by atoms with E-state index in [1.807, 2.05) is 0 Å². The minimum Gasteiger partial charge on any atom is -0.353 e. The summed E-state index contributed by atoms with van der Waals surface area (Å²) in [6.45, 7) is 3.91. The number of carbonyl (C=O) groups excluding carboxylic acids is 1. The molecule has 1 unspecified atom stereocenters. The minimum atomic E-state index is -3.33. The quantitative estimate of drug-likeness (QED) is 0.660. The maximum absolute atomic E-state index is 12.4. The van der Waals surface area contributed by atoms with Crippen LogP contribution in [0.25, 0.3) is 0 Å². The molecule has 2 aliphatic rings. The molecule has 98 valence electrons. The molecule has 2 fully saturated rings. The predicted molar refractivity (Wildman–Crippen MR) is 64.0 cm³/mol. The van der Waals surface area contributed by atoms with Crippen LogP contribution < -0.4 is 10.6 Å². The summed E-state index contributed by atoms with van der Waals surface area (Å²) in [5.74, 6) is -0.200. The van der Waals surface area contributed by atoms with Crippen molar-refractivity contribution in [3.63, 3.8) is 0 Å². The van der Waals surface area contributed by atoms with Crippen molar-refractivity contribution < 1.29 is 13.2 Å². The summed E-state index contributed by atoms with van der Waals surface area (Å²) in [6, 6.07) is -0.580. The molecule has 2 saturated heterocycles. The molecule has 7 heteroatoms. The maximum atomic E-state index is 12.4. The van der Waals surface area contributed by atoms with Crippen molar-refractivity contribution in [1.29, 1.82) is 0 Å². The average Bonchev–Trinajstić information content (AvgIpc) is 2.33. The first-order chi connectivity index (χ1) is 8.03. The molecule has 2 aliphatic heterocycles. The fourth-order valence-electron chi connectivity index (χ4n) is 2.39. The highest BCUT2D eigenvalue weighted by molar-refractivity contribution is 7.89. The molecule has 0 saturated carbocycles. The Morgan fingerprint density at radius 1 is 1.24 bits per heavy atom. The van der Waals surface area contributed by atoms with Crippen LogP contribution in [0, 0.1) is 0 Å². The second-order valence-electron chi connectivity index (χ2n) is 4.57. The Morgan fingerprint density at radius 2 is 1.88 bits per heavy atom. The summed E-state index contributed by atoms with van der Waals surface area (Å²) >= 11 is 0. The lowest BCUT2D eigenvalue weighted by molar-refractivity contribution is -0.126. The molecule has 0 aromatic heterocycles. The molecule has 17 heavy (non-hydrogen) atoms. The third-order valence-electron chi connectivity index (χ3n) is 3.48. The molecule has 0 bridgehead atoms. The highest BCUT2D eigenvalue weighted by Crippen LogP contribution is 2.21. The SMILES string of the molecule is CC1C(=O)NCCN1S(=O)(=O)C1CCNCC1. The molecule has 2 N–H and O–H groups in total. The van der Waals surface area contributed by atoms with Crippen molar-refractivity contribution in [2.75, 3.05) is 26.2 Å². The fourth-order valence-corrected chi connectivity index (χ4v) is 4.49. The zero-order valence-corrected chi connectivity index (χ0v) is 10.8. The number of rotatable bonds is 2. The zero-order valence-electron chi connectivity index (χ0n) is 9.98. The number of hydrogen-bond donors (Lipinski definition) is 2. The van der Waals surface area contributed by atoms with E-state index >= 15 is 0 Å². The second-order valence-corrected chi connectivity index (χ2v) is 6.74. The van der Waals surface area contributed by atoms with E-state index in [0.717, 1.165) is 13.1 Å². The number of nitrogens with one attached hydrogen (secondary N) is 2. The van der Waals surface area contributed by atoms with Crippen LogP contribution in [0.4, 0.5) is 0 Å². The van der Waals surface area contributed by atoms with Crippen LogP contribution in [0.2, 0.25) is 0 Å². The van der Waals surface area contributed by atoms with Gasteiger partial charge in [-0.1, -0.05) is 0 Å². The molecule has 2 heterocycles. The van der Waals surface area contributed by atoms with Gasteiger partial charge in [-0.15, -0.1) is 0 Å². The van der Waals surface area contributed by atoms with Gasteiger partial charge in [0.2, 0.25) is 15.9 Å². The fraction of sp³-hybridized carbons (Fsp3) is 0.900. The smallest absolute Gasteiger partial charge is 0.238 e. The lowest BCUT2D eigenvalue weighted by Crippen LogP contribution is -2.58. The van der Waals surface area contributed by atoms with Gasteiger partial charge in [0.15, 0.2) is 0 Å². The van der Waals surface area contributed by atoms with Crippen molar-refractivity contribution >= 4 is 15.9 Å². The molecule has 0 aromatic carbocycles. The van der Waals surface area contributed by atoms with Gasteiger partial charge in [0.05, 0.1) is 5.25 Å². The number of sulfonamides is 1. The topological polar surface area (TPSA) is 78.5 Å². The van der Waals surface area contributed by atoms with Crippen molar-refractivity contribution in [1.82, 2.24) is 14.9 Å². The minimum absolute atomic E-state index is 0.200. The van der Waals surface area contributed by atoms with Gasteiger partial charge >= 0.3 is 0 Å². The van der Waals surface area contributed by atoms with E-state index in [9.17, 15) is 13.2 Å². The molecule has 2 rings (SSSR count). The number of carbonyl (C=O) groups is 1. The van der Waals surface area contributed by atoms with Gasteiger partial charge < -0.3 is 10.6 Å². The van der Waals surface area contributed by atoms with E-state index in [0.29, 0.717) is 25.9 Å². The lowest BCUT2D eigenvalue weighted by atomic mass is 10.2. The summed E-state index contributed by atoms with van der Waals surface area (Å²) in [5, 5.41) is 5.49. The Kier molecular flexibility index (Phi) is 3.70. The summed E-state index contributed by atoms with van der Waals surface area (Å²) in [6.07, 6.45) is 1.26. The van der Waals surface area contributed by atoms with Crippen LogP contribution >= 0.6 is 0 Å². The normalized spacial score (nSPS) is 29.0. The first-order valence-corrected chi connectivity index (χ1v) is 7.53. The number of amides is 1. The molecule has 0 radical (unpaired) electrons. The molecule has 0 aromatic rings. The van der Waals surface area contributed by atoms with Gasteiger partial charge in [-0.3, -0.25) is 4.79 Å². The summed E-state index contributed by atoms with van der Waals surface area (Å²) < 4.78 is 26.2. The van der Waals surface area contributed by atoms with E-state index in [2.05, 4.69) is 10.6 Å². The number of nitrogens with zero attached hydrogens (tertiary/aromatic N) is 1. The highest BCUT2D eigenvalue weighted by atomic mass is 32.2. The monoisotopic (exact) mass is 261 g/mol. The third-order valence-corrected chi connectivity index (χ3v) is 5.94. The Balaban J connectivity index is 2.16. The first-order valence-electron chi connectivity index (χ1n) is 6.02. The van der Waals surface area contributed by atoms with Crippen LogP contribution in [-0.4, -0.2) is 56.1 Å². The zero-order chi connectivity index (χ0) is 12.5. The maximum Gasteiger partial charge on any atom is 0.238 e. The van der Waals surface area contributed by atoms with Gasteiger partial charge in [0.1, 0.15) is 6.04 Å². The van der Waals surface area contributed by atoms with Gasteiger partial charge in [-0.05, 0) is 32.9 Å². The molecule has 0 spiro atoms. The van der Waals surface area contributed by atoms with E-state index in [-0.39, 0.29) is 11.2 Å². The Hall–Kier alpha value is -0.660. The van der Waals surface area contributed by atoms with Gasteiger partial charge in [-0.2, -0.15) is 4.31 Å². The number of hydrogen-bond acceptors (Lipinski definition) is 4. The van der Waals surface area contributed by atoms with E-state index in [4.69, 9.17) is 0 Å². The van der Waals surface area contributed by atoms with Gasteiger partial charge in [0.25, 0.3) is 0 Å². The molecular formula is C10H19N3O3S. The number of piperidine rings is 1. The van der Waals surface area contributed by atoms with Crippen LogP contribution in [0.3, 0.4) is 0 Å². The van der Waals surface area contributed by atoms with E-state index < -0.39 is 16.1 Å². The molecule has 0 aliphatic carbocycles. The van der Waals surface area contributed by atoms with Crippen molar-refractivity contribution in [2.24, 2.45) is 0 Å². The predicted octanol–water partition coefficient (Wildman–Crippen LogP) is -1.11. The first kappa shape index (κ1) is 12.8. The molecule has 1 atom stereocenters. The molecule has 6 nitrogen and oxygen atoms in total. The van der Waals surface area contributed by atoms with Crippen LogP contribution in [-0.2, 0) is 14.8 Å². The van der Waals surface area contributed by atoms with Crippen molar-refractivity contribution in [3.05, 3.63) is 0 Å². The van der Waals surface area contributed by atoms with Crippen molar-refractivity contribution in [2.45, 2.75) is 31.1 Å². The van der Waals surface area contributed by atoms with Crippen LogP contribution in [0.5, 0.6) is 0 Å². The van der Waals surface area contributed by atoms with Gasteiger partial charge in [-0.25, -0.2) is 8.42 Å². The number of piperazine rings is 1. The Labute approximate surface area is 102 Å². The Bertz CT molecular complexity index is 390. The van der Waals surface area contributed by atoms with E-state index in [1.165, 1.54) is 4.31 Å². The molecular weight excluding hydrogens is 242 g/mol. The largest absolute Gasteiger partial charge is 0.353 e. The average molecular weight is 261 g/mol. The van der Waals surface area contributed by atoms with Gasteiger partial charge in [0, 0.05) is 13.1 Å². The summed E-state index contributed by atoms with van der Waals surface area (Å²) in [4.78, 5) is 11.5. The van der Waals surface area contributed by atoms with Crippen molar-refractivity contribution in [3.8, 4) is 0 Å². The summed E-state index contributed by atoms with van der Waals surface area (Å²) in [5.41, 5.74) is 0. The highest BCUT2D eigenvalue weighted by Gasteiger charge is 2.39. The molecule has 1 amide bonds.